The number of nitrogens with zero attached hydrogens (tertiary/aromatic N) is 1. The average molecular weight is 423 g/mol. The Morgan fingerprint density at radius 1 is 0.900 bits per heavy atom. The van der Waals surface area contributed by atoms with Gasteiger partial charge in [0.25, 0.3) is 5.91 Å². The number of carbonyl (C=O) groups excluding carboxylic acids is 1. The molecule has 1 N–H and O–H groups in total. The van der Waals surface area contributed by atoms with Gasteiger partial charge in [0.1, 0.15) is 0 Å². The number of hydrogen-bond donors (Lipinski definition) is 1. The molecule has 3 aromatic rings. The summed E-state index contributed by atoms with van der Waals surface area (Å²) in [6.07, 6.45) is 1.57. The molecule has 0 aliphatic rings. The Labute approximate surface area is 178 Å². The van der Waals surface area contributed by atoms with Gasteiger partial charge in [-0.1, -0.05) is 54.6 Å². The van der Waals surface area contributed by atoms with Crippen molar-refractivity contribution in [2.24, 2.45) is 0 Å². The van der Waals surface area contributed by atoms with Gasteiger partial charge in [0.15, 0.2) is 0 Å². The number of anilines is 1. The zero-order valence-corrected chi connectivity index (χ0v) is 18.2. The standard InChI is InChI=1S/C24H26N2O3S/c1-18-13-16-21(17-23(18)30(28,29)26(2)3)25-24(27)22-12-8-7-11-20(22)15-14-19-9-5-4-6-10-19/h4-13,16-17H,14-15H2,1-3H3,(H,25,27). The number of nitrogens with one attached hydrogen (secondary N) is 1. The van der Waals surface area contributed by atoms with Crippen molar-refractivity contribution < 1.29 is 13.2 Å². The molecule has 156 valence electrons. The van der Waals surface area contributed by atoms with Gasteiger partial charge in [-0.05, 0) is 54.7 Å². The van der Waals surface area contributed by atoms with Crippen molar-refractivity contribution in [2.75, 3.05) is 19.4 Å². The van der Waals surface area contributed by atoms with Crippen LogP contribution in [0.5, 0.6) is 0 Å². The van der Waals surface area contributed by atoms with Crippen molar-refractivity contribution in [1.29, 1.82) is 0 Å². The quantitative estimate of drug-likeness (QED) is 0.618. The smallest absolute Gasteiger partial charge is 0.255 e. The summed E-state index contributed by atoms with van der Waals surface area (Å²) in [5, 5.41) is 2.85. The summed E-state index contributed by atoms with van der Waals surface area (Å²) in [5.41, 5.74) is 3.83. The Bertz CT molecular complexity index is 1140. The summed E-state index contributed by atoms with van der Waals surface area (Å²) in [4.78, 5) is 13.1. The summed E-state index contributed by atoms with van der Waals surface area (Å²) in [7, 11) is -0.618. The molecule has 0 saturated carbocycles. The van der Waals surface area contributed by atoms with Gasteiger partial charge in [-0.2, -0.15) is 0 Å². The molecule has 0 aliphatic carbocycles. The molecule has 0 saturated heterocycles. The van der Waals surface area contributed by atoms with Crippen molar-refractivity contribution >= 4 is 21.6 Å². The van der Waals surface area contributed by atoms with E-state index in [2.05, 4.69) is 17.4 Å². The number of hydrogen-bond acceptors (Lipinski definition) is 3. The van der Waals surface area contributed by atoms with Gasteiger partial charge in [0.2, 0.25) is 10.0 Å². The lowest BCUT2D eigenvalue weighted by molar-refractivity contribution is 0.102. The molecule has 0 atom stereocenters. The predicted octanol–water partition coefficient (Wildman–Crippen LogP) is 4.28. The number of aryl methyl sites for hydroxylation is 3. The molecule has 0 spiro atoms. The molecule has 0 aromatic heterocycles. The van der Waals surface area contributed by atoms with Gasteiger partial charge in [0.05, 0.1) is 4.90 Å². The van der Waals surface area contributed by atoms with Gasteiger partial charge < -0.3 is 5.32 Å². The van der Waals surface area contributed by atoms with Crippen molar-refractivity contribution in [2.45, 2.75) is 24.7 Å². The molecule has 5 nitrogen and oxygen atoms in total. The minimum atomic E-state index is -3.60. The van der Waals surface area contributed by atoms with Gasteiger partial charge in [-0.25, -0.2) is 12.7 Å². The molecular weight excluding hydrogens is 396 g/mol. The Hall–Kier alpha value is -2.96. The summed E-state index contributed by atoms with van der Waals surface area (Å²) in [5.74, 6) is -0.254. The first kappa shape index (κ1) is 21.7. The molecule has 0 unspecified atom stereocenters. The molecule has 0 bridgehead atoms. The lowest BCUT2D eigenvalue weighted by Gasteiger charge is -2.15. The van der Waals surface area contributed by atoms with Crippen LogP contribution in [0.25, 0.3) is 0 Å². The normalized spacial score (nSPS) is 11.5. The summed E-state index contributed by atoms with van der Waals surface area (Å²) in [6.45, 7) is 1.74. The third-order valence-electron chi connectivity index (χ3n) is 4.99. The van der Waals surface area contributed by atoms with Crippen LogP contribution < -0.4 is 5.32 Å². The number of rotatable bonds is 7. The van der Waals surface area contributed by atoms with Crippen LogP contribution >= 0.6 is 0 Å². The van der Waals surface area contributed by atoms with E-state index in [4.69, 9.17) is 0 Å². The highest BCUT2D eigenvalue weighted by Gasteiger charge is 2.21. The average Bonchev–Trinajstić information content (AvgIpc) is 2.74. The van der Waals surface area contributed by atoms with Crippen LogP contribution in [0.15, 0.2) is 77.7 Å². The van der Waals surface area contributed by atoms with Crippen LogP contribution in [-0.2, 0) is 22.9 Å². The highest BCUT2D eigenvalue weighted by atomic mass is 32.2. The van der Waals surface area contributed by atoms with Crippen LogP contribution in [-0.4, -0.2) is 32.7 Å². The second-order valence-electron chi connectivity index (χ2n) is 7.36. The third-order valence-corrected chi connectivity index (χ3v) is 6.95. The van der Waals surface area contributed by atoms with E-state index in [0.29, 0.717) is 16.8 Å². The fourth-order valence-corrected chi connectivity index (χ4v) is 4.38. The number of carbonyl (C=O) groups is 1. The second kappa shape index (κ2) is 9.24. The van der Waals surface area contributed by atoms with E-state index in [9.17, 15) is 13.2 Å². The van der Waals surface area contributed by atoms with Crippen LogP contribution in [0, 0.1) is 6.92 Å². The SMILES string of the molecule is Cc1ccc(NC(=O)c2ccccc2CCc2ccccc2)cc1S(=O)(=O)N(C)C. The highest BCUT2D eigenvalue weighted by molar-refractivity contribution is 7.89. The molecule has 0 fully saturated rings. The first-order chi connectivity index (χ1) is 14.3. The molecule has 0 radical (unpaired) electrons. The Kier molecular flexibility index (Phi) is 6.70. The molecular formula is C24H26N2O3S. The van der Waals surface area contributed by atoms with Crippen molar-refractivity contribution in [3.63, 3.8) is 0 Å². The van der Waals surface area contributed by atoms with Gasteiger partial charge in [-0.3, -0.25) is 4.79 Å². The Morgan fingerprint density at radius 3 is 2.27 bits per heavy atom. The summed E-state index contributed by atoms with van der Waals surface area (Å²) < 4.78 is 26.3. The summed E-state index contributed by atoms with van der Waals surface area (Å²) >= 11 is 0. The maximum atomic E-state index is 13.0. The van der Waals surface area contributed by atoms with Crippen molar-refractivity contribution in [3.8, 4) is 0 Å². The molecule has 6 heteroatoms. The Morgan fingerprint density at radius 2 is 1.57 bits per heavy atom. The molecule has 0 aliphatic heterocycles. The van der Waals surface area contributed by atoms with Gasteiger partial charge in [0, 0.05) is 25.3 Å². The van der Waals surface area contributed by atoms with E-state index in [1.807, 2.05) is 36.4 Å². The lowest BCUT2D eigenvalue weighted by atomic mass is 9.99. The van der Waals surface area contributed by atoms with Crippen LogP contribution in [0.3, 0.4) is 0 Å². The number of amides is 1. The van der Waals surface area contributed by atoms with Gasteiger partial charge in [-0.15, -0.1) is 0 Å². The van der Waals surface area contributed by atoms with E-state index in [1.54, 1.807) is 25.1 Å². The largest absolute Gasteiger partial charge is 0.322 e. The lowest BCUT2D eigenvalue weighted by Crippen LogP contribution is -2.23. The monoisotopic (exact) mass is 422 g/mol. The summed E-state index contributed by atoms with van der Waals surface area (Å²) in [6, 6.07) is 22.6. The first-order valence-electron chi connectivity index (χ1n) is 9.75. The van der Waals surface area contributed by atoms with E-state index >= 15 is 0 Å². The van der Waals surface area contributed by atoms with E-state index in [1.165, 1.54) is 30.0 Å². The minimum absolute atomic E-state index is 0.183. The van der Waals surface area contributed by atoms with Crippen molar-refractivity contribution in [3.05, 3.63) is 95.1 Å². The third kappa shape index (κ3) is 4.96. The first-order valence-corrected chi connectivity index (χ1v) is 11.2. The van der Waals surface area contributed by atoms with Crippen LogP contribution in [0.1, 0.15) is 27.0 Å². The number of benzene rings is 3. The fourth-order valence-electron chi connectivity index (χ4n) is 3.23. The predicted molar refractivity (Wildman–Crippen MR) is 120 cm³/mol. The topological polar surface area (TPSA) is 66.5 Å². The number of sulfonamides is 1. The molecule has 1 amide bonds. The van der Waals surface area contributed by atoms with E-state index in [0.717, 1.165) is 18.4 Å². The molecule has 0 heterocycles. The Balaban J connectivity index is 1.82. The molecule has 3 aromatic carbocycles. The maximum absolute atomic E-state index is 13.0. The maximum Gasteiger partial charge on any atom is 0.255 e. The minimum Gasteiger partial charge on any atom is -0.322 e. The van der Waals surface area contributed by atoms with Crippen LogP contribution in [0.2, 0.25) is 0 Å². The second-order valence-corrected chi connectivity index (χ2v) is 9.48. The van der Waals surface area contributed by atoms with E-state index in [-0.39, 0.29) is 10.8 Å². The van der Waals surface area contributed by atoms with E-state index < -0.39 is 10.0 Å². The molecule has 30 heavy (non-hydrogen) atoms. The van der Waals surface area contributed by atoms with Crippen molar-refractivity contribution in [1.82, 2.24) is 4.31 Å². The highest BCUT2D eigenvalue weighted by Crippen LogP contribution is 2.23. The zero-order chi connectivity index (χ0) is 21.7. The zero-order valence-electron chi connectivity index (χ0n) is 17.4. The van der Waals surface area contributed by atoms with Gasteiger partial charge >= 0.3 is 0 Å². The fraction of sp³-hybridized carbons (Fsp3) is 0.208. The molecule has 3 rings (SSSR count). The van der Waals surface area contributed by atoms with Crippen LogP contribution in [0.4, 0.5) is 5.69 Å².